The third-order valence-corrected chi connectivity index (χ3v) is 14.7. The van der Waals surface area contributed by atoms with Gasteiger partial charge in [-0.2, -0.15) is 0 Å². The van der Waals surface area contributed by atoms with Crippen molar-refractivity contribution in [3.63, 3.8) is 0 Å². The van der Waals surface area contributed by atoms with Crippen molar-refractivity contribution in [1.82, 2.24) is 0 Å². The molecule has 4 heteroatoms. The van der Waals surface area contributed by atoms with E-state index in [-0.39, 0.29) is 0 Å². The number of hydrogen-bond acceptors (Lipinski definition) is 4. The zero-order valence-corrected chi connectivity index (χ0v) is 36.4. The number of nitrogens with zero attached hydrogens (tertiary/aromatic N) is 2. The molecule has 0 spiro atoms. The van der Waals surface area contributed by atoms with Crippen LogP contribution in [-0.2, 0) is 0 Å². The highest BCUT2D eigenvalue weighted by Gasteiger charge is 2.27. The van der Waals surface area contributed by atoms with Crippen molar-refractivity contribution in [1.29, 1.82) is 0 Å². The highest BCUT2D eigenvalue weighted by atomic mass is 32.1. The van der Waals surface area contributed by atoms with E-state index in [0.29, 0.717) is 0 Å². The van der Waals surface area contributed by atoms with E-state index in [1.807, 2.05) is 22.7 Å². The van der Waals surface area contributed by atoms with Crippen LogP contribution in [0.1, 0.15) is 0 Å². The highest BCUT2D eigenvalue weighted by molar-refractivity contribution is 7.26. The smallest absolute Gasteiger partial charge is 0.0640 e. The van der Waals surface area contributed by atoms with Crippen molar-refractivity contribution in [2.24, 2.45) is 0 Å². The molecule has 0 bridgehead atoms. The van der Waals surface area contributed by atoms with E-state index in [1.54, 1.807) is 0 Å². The molecule has 10 aromatic carbocycles. The lowest BCUT2D eigenvalue weighted by atomic mass is 9.96. The molecule has 0 unspecified atom stereocenters. The summed E-state index contributed by atoms with van der Waals surface area (Å²) in [5, 5.41) is 5.08. The van der Waals surface area contributed by atoms with Gasteiger partial charge in [0.05, 0.1) is 43.5 Å². The Morgan fingerprint density at radius 3 is 0.938 bits per heavy atom. The summed E-state index contributed by atoms with van der Waals surface area (Å²) in [4.78, 5) is 5.03. The number of fused-ring (bicyclic) bond motifs is 6. The number of rotatable bonds is 9. The van der Waals surface area contributed by atoms with E-state index < -0.39 is 0 Å². The fourth-order valence-electron chi connectivity index (χ4n) is 9.45. The largest absolute Gasteiger partial charge is 0.308 e. The van der Waals surface area contributed by atoms with Crippen LogP contribution in [0, 0.1) is 0 Å². The second kappa shape index (κ2) is 16.2. The van der Waals surface area contributed by atoms with Gasteiger partial charge in [-0.15, -0.1) is 22.7 Å². The Kier molecular flexibility index (Phi) is 9.59. The summed E-state index contributed by atoms with van der Waals surface area (Å²) in [6.45, 7) is 0. The second-order valence-electron chi connectivity index (χ2n) is 16.0. The van der Waals surface area contributed by atoms with Crippen LogP contribution >= 0.6 is 22.7 Å². The maximum Gasteiger partial charge on any atom is 0.0640 e. The second-order valence-corrected chi connectivity index (χ2v) is 18.1. The van der Waals surface area contributed by atoms with Crippen LogP contribution in [0.2, 0.25) is 0 Å². The van der Waals surface area contributed by atoms with Crippen molar-refractivity contribution < 1.29 is 0 Å². The van der Waals surface area contributed by atoms with E-state index >= 15 is 0 Å². The van der Waals surface area contributed by atoms with Crippen LogP contribution in [0.4, 0.5) is 34.1 Å². The number of para-hydroxylation sites is 4. The molecule has 64 heavy (non-hydrogen) atoms. The minimum absolute atomic E-state index is 1.10. The van der Waals surface area contributed by atoms with E-state index in [0.717, 1.165) is 45.3 Å². The SMILES string of the molecule is c1ccc(-c2ccccc2N(c2ccccc2-c2ccccc2N(c2ccccc2-c2ccccc2)c2cccc3c2sc2ccccc23)c2cccc3c2sc2ccccc23)cc1. The molecule has 0 amide bonds. The van der Waals surface area contributed by atoms with Crippen LogP contribution in [0.15, 0.2) is 243 Å². The van der Waals surface area contributed by atoms with E-state index in [2.05, 4.69) is 252 Å². The first kappa shape index (κ1) is 38.0. The minimum atomic E-state index is 1.10. The average molecular weight is 853 g/mol. The first-order chi connectivity index (χ1) is 31.8. The predicted molar refractivity (Wildman–Crippen MR) is 278 cm³/mol. The summed E-state index contributed by atoms with van der Waals surface area (Å²) >= 11 is 3.73. The Bertz CT molecular complexity index is 3400. The van der Waals surface area contributed by atoms with Gasteiger partial charge in [0, 0.05) is 53.2 Å². The summed E-state index contributed by atoms with van der Waals surface area (Å²) in [6, 6.07) is 88.4. The number of hydrogen-bond donors (Lipinski definition) is 0. The highest BCUT2D eigenvalue weighted by Crippen LogP contribution is 2.53. The van der Waals surface area contributed by atoms with Gasteiger partial charge in [-0.05, 0) is 59.7 Å². The summed E-state index contributed by atoms with van der Waals surface area (Å²) in [5.41, 5.74) is 13.7. The van der Waals surface area contributed by atoms with Crippen LogP contribution in [0.5, 0.6) is 0 Å². The molecular weight excluding hydrogens is 813 g/mol. The monoisotopic (exact) mass is 852 g/mol. The van der Waals surface area contributed by atoms with Gasteiger partial charge in [0.1, 0.15) is 0 Å². The summed E-state index contributed by atoms with van der Waals surface area (Å²) in [6.07, 6.45) is 0. The van der Waals surface area contributed by atoms with Crippen LogP contribution in [0.25, 0.3) is 73.7 Å². The molecule has 0 N–H and O–H groups in total. The molecule has 0 radical (unpaired) electrons. The van der Waals surface area contributed by atoms with Gasteiger partial charge in [0.2, 0.25) is 0 Å². The van der Waals surface area contributed by atoms with Gasteiger partial charge in [-0.25, -0.2) is 0 Å². The summed E-state index contributed by atoms with van der Waals surface area (Å²) in [7, 11) is 0. The zero-order valence-electron chi connectivity index (χ0n) is 34.8. The molecular formula is C60H40N2S2. The van der Waals surface area contributed by atoms with Crippen molar-refractivity contribution in [3.8, 4) is 33.4 Å². The van der Waals surface area contributed by atoms with Gasteiger partial charge < -0.3 is 9.80 Å². The van der Waals surface area contributed by atoms with Crippen molar-refractivity contribution in [3.05, 3.63) is 243 Å². The van der Waals surface area contributed by atoms with Crippen LogP contribution in [-0.4, -0.2) is 0 Å². The maximum absolute atomic E-state index is 2.52. The van der Waals surface area contributed by atoms with E-state index in [1.165, 1.54) is 62.6 Å². The molecule has 0 aliphatic heterocycles. The van der Waals surface area contributed by atoms with Crippen LogP contribution < -0.4 is 9.80 Å². The van der Waals surface area contributed by atoms with Gasteiger partial charge in [0.15, 0.2) is 0 Å². The van der Waals surface area contributed by atoms with Crippen LogP contribution in [0.3, 0.4) is 0 Å². The molecule has 0 aliphatic carbocycles. The Labute approximate surface area is 380 Å². The Morgan fingerprint density at radius 1 is 0.219 bits per heavy atom. The standard InChI is InChI=1S/C60H40N2S2/c1-3-21-41(22-4-1)43-25-7-13-33-51(43)61(55-37-19-31-49-47-29-11-17-39-57(47)63-59(49)55)53-35-15-9-27-45(53)46-28-10-16-36-54(46)62(52-34-14-8-26-44(52)42-23-5-2-6-24-42)56-38-20-32-50-48-30-12-18-40-58(48)64-60(50)56/h1-40H. The number of anilines is 6. The fourth-order valence-corrected chi connectivity index (χ4v) is 11.9. The third-order valence-electron chi connectivity index (χ3n) is 12.3. The minimum Gasteiger partial charge on any atom is -0.308 e. The molecule has 12 aromatic rings. The molecule has 0 saturated heterocycles. The van der Waals surface area contributed by atoms with E-state index in [9.17, 15) is 0 Å². The van der Waals surface area contributed by atoms with Crippen molar-refractivity contribution in [2.45, 2.75) is 0 Å². The molecule has 0 fully saturated rings. The van der Waals surface area contributed by atoms with Gasteiger partial charge in [-0.1, -0.05) is 194 Å². The molecule has 2 heterocycles. The molecule has 2 aromatic heterocycles. The van der Waals surface area contributed by atoms with Crippen molar-refractivity contribution in [2.75, 3.05) is 9.80 Å². The fraction of sp³-hybridized carbons (Fsp3) is 0. The number of thiophene rings is 2. The Balaban J connectivity index is 1.15. The zero-order chi connectivity index (χ0) is 42.4. The third kappa shape index (κ3) is 6.46. The summed E-state index contributed by atoms with van der Waals surface area (Å²) < 4.78 is 5.07. The summed E-state index contributed by atoms with van der Waals surface area (Å²) in [5.74, 6) is 0. The maximum atomic E-state index is 2.52. The molecule has 302 valence electrons. The van der Waals surface area contributed by atoms with Gasteiger partial charge in [0.25, 0.3) is 0 Å². The quantitative estimate of drug-likeness (QED) is 0.143. The van der Waals surface area contributed by atoms with Gasteiger partial charge >= 0.3 is 0 Å². The molecule has 12 rings (SSSR count). The van der Waals surface area contributed by atoms with E-state index in [4.69, 9.17) is 0 Å². The van der Waals surface area contributed by atoms with Gasteiger partial charge in [-0.3, -0.25) is 0 Å². The lowest BCUT2D eigenvalue weighted by Crippen LogP contribution is -2.15. The average Bonchev–Trinajstić information content (AvgIpc) is 3.95. The molecule has 0 saturated carbocycles. The first-order valence-electron chi connectivity index (χ1n) is 21.7. The normalized spacial score (nSPS) is 11.4. The molecule has 0 aliphatic rings. The predicted octanol–water partition coefficient (Wildman–Crippen LogP) is 18.4. The Morgan fingerprint density at radius 2 is 0.516 bits per heavy atom. The first-order valence-corrected chi connectivity index (χ1v) is 23.3. The number of benzene rings is 10. The Hall–Kier alpha value is -7.76. The topological polar surface area (TPSA) is 6.48 Å². The lowest BCUT2D eigenvalue weighted by molar-refractivity contribution is 1.28. The molecule has 2 nitrogen and oxygen atoms in total. The lowest BCUT2D eigenvalue weighted by Gasteiger charge is -2.33. The van der Waals surface area contributed by atoms with Crippen molar-refractivity contribution >= 4 is 97.1 Å². The molecule has 0 atom stereocenters.